The van der Waals surface area contributed by atoms with Crippen molar-refractivity contribution >= 4 is 22.4 Å². The van der Waals surface area contributed by atoms with Crippen LogP contribution >= 0.6 is 11.3 Å². The van der Waals surface area contributed by atoms with Gasteiger partial charge in [0.1, 0.15) is 16.9 Å². The second kappa shape index (κ2) is 9.47. The van der Waals surface area contributed by atoms with E-state index >= 15 is 0 Å². The summed E-state index contributed by atoms with van der Waals surface area (Å²) in [6.45, 7) is 7.94. The van der Waals surface area contributed by atoms with Crippen molar-refractivity contribution in [3.05, 3.63) is 34.8 Å². The van der Waals surface area contributed by atoms with Gasteiger partial charge in [0.2, 0.25) is 11.0 Å². The summed E-state index contributed by atoms with van der Waals surface area (Å²) in [4.78, 5) is 12.1. The van der Waals surface area contributed by atoms with Crippen molar-refractivity contribution in [1.29, 1.82) is 0 Å². The lowest BCUT2D eigenvalue weighted by Crippen LogP contribution is -2.15. The second-order valence-corrected chi connectivity index (χ2v) is 8.72. The third-order valence-electron chi connectivity index (χ3n) is 5.23. The minimum atomic E-state index is -0.0707. The number of benzene rings is 1. The molecule has 1 fully saturated rings. The molecule has 1 aromatic heterocycles. The fourth-order valence-corrected chi connectivity index (χ4v) is 3.84. The monoisotopic (exact) mass is 403 g/mol. The van der Waals surface area contributed by atoms with Crippen molar-refractivity contribution in [2.24, 2.45) is 0 Å². The molecule has 1 atom stereocenters. The molecule has 2 aromatic rings. The molecule has 1 unspecified atom stereocenters. The normalized spacial score (nSPS) is 16.9. The fraction of sp³-hybridized carbons (Fsp3) is 0.571. The number of nitrogens with one attached hydrogen (secondary N) is 1. The van der Waals surface area contributed by atoms with Crippen molar-refractivity contribution in [3.63, 3.8) is 0 Å². The first-order valence-corrected chi connectivity index (χ1v) is 10.8. The predicted octanol–water partition coefficient (Wildman–Crippen LogP) is 4.87. The van der Waals surface area contributed by atoms with E-state index < -0.39 is 0 Å². The first kappa shape index (κ1) is 20.7. The van der Waals surface area contributed by atoms with Crippen LogP contribution in [0, 0.1) is 0 Å². The van der Waals surface area contributed by atoms with Gasteiger partial charge in [-0.1, -0.05) is 44.2 Å². The number of aromatic nitrogens is 2. The molecule has 152 valence electrons. The van der Waals surface area contributed by atoms with Crippen LogP contribution in [0.3, 0.4) is 0 Å². The predicted molar refractivity (Wildman–Crippen MR) is 111 cm³/mol. The van der Waals surface area contributed by atoms with Gasteiger partial charge in [0.05, 0.1) is 6.61 Å². The van der Waals surface area contributed by atoms with E-state index in [0.717, 1.165) is 36.6 Å². The van der Waals surface area contributed by atoms with Gasteiger partial charge in [-0.15, -0.1) is 10.2 Å². The number of rotatable bonds is 9. The molecular weight excluding hydrogens is 374 g/mol. The van der Waals surface area contributed by atoms with Gasteiger partial charge < -0.3 is 14.8 Å². The van der Waals surface area contributed by atoms with Crippen LogP contribution in [0.4, 0.5) is 5.13 Å². The summed E-state index contributed by atoms with van der Waals surface area (Å²) < 4.78 is 11.3. The fourth-order valence-electron chi connectivity index (χ4n) is 3.00. The van der Waals surface area contributed by atoms with Crippen molar-refractivity contribution in [3.8, 4) is 5.75 Å². The summed E-state index contributed by atoms with van der Waals surface area (Å²) >= 11 is 1.39. The van der Waals surface area contributed by atoms with Gasteiger partial charge in [0, 0.05) is 13.0 Å². The number of carbonyl (C=O) groups is 1. The molecule has 2 heterocycles. The molecule has 1 saturated heterocycles. The molecule has 0 aliphatic carbocycles. The standard InChI is InChI=1S/C21H29N3O3S/c1-4-21(2,3)15-9-11-16(12-10-15)26-13-6-8-18(25)22-20-24-23-19(28-20)17-7-5-14-27-17/h9-12,17H,4-8,13-14H2,1-3H3,(H,22,24,25). The van der Waals surface area contributed by atoms with Crippen molar-refractivity contribution < 1.29 is 14.3 Å². The van der Waals surface area contributed by atoms with Crippen LogP contribution in [0.15, 0.2) is 24.3 Å². The van der Waals surface area contributed by atoms with E-state index in [1.165, 1.54) is 16.9 Å². The van der Waals surface area contributed by atoms with Gasteiger partial charge in [-0.2, -0.15) is 0 Å². The number of carbonyl (C=O) groups excluding carboxylic acids is 1. The van der Waals surface area contributed by atoms with E-state index in [2.05, 4.69) is 48.4 Å². The van der Waals surface area contributed by atoms with E-state index in [0.29, 0.717) is 24.6 Å². The largest absolute Gasteiger partial charge is 0.494 e. The van der Waals surface area contributed by atoms with Gasteiger partial charge in [-0.3, -0.25) is 4.79 Å². The van der Waals surface area contributed by atoms with E-state index in [9.17, 15) is 4.79 Å². The van der Waals surface area contributed by atoms with Crippen LogP contribution in [-0.2, 0) is 14.9 Å². The van der Waals surface area contributed by atoms with Gasteiger partial charge in [0.15, 0.2) is 0 Å². The number of amides is 1. The molecule has 3 rings (SSSR count). The molecule has 1 N–H and O–H groups in total. The SMILES string of the molecule is CCC(C)(C)c1ccc(OCCCC(=O)Nc2nnc(C3CCCO3)s2)cc1. The molecule has 1 aliphatic rings. The van der Waals surface area contributed by atoms with E-state index in [-0.39, 0.29) is 17.4 Å². The van der Waals surface area contributed by atoms with E-state index in [4.69, 9.17) is 9.47 Å². The van der Waals surface area contributed by atoms with Crippen molar-refractivity contribution in [2.45, 2.75) is 64.4 Å². The Morgan fingerprint density at radius 3 is 2.79 bits per heavy atom. The summed E-state index contributed by atoms with van der Waals surface area (Å²) in [5.41, 5.74) is 1.48. The van der Waals surface area contributed by atoms with Crippen LogP contribution in [0.25, 0.3) is 0 Å². The molecular formula is C21H29N3O3S. The Morgan fingerprint density at radius 1 is 1.32 bits per heavy atom. The maximum atomic E-state index is 12.1. The van der Waals surface area contributed by atoms with Crippen LogP contribution in [-0.4, -0.2) is 29.3 Å². The van der Waals surface area contributed by atoms with Crippen LogP contribution in [0.5, 0.6) is 5.75 Å². The number of hydrogen-bond donors (Lipinski definition) is 1. The van der Waals surface area contributed by atoms with E-state index in [1.807, 2.05) is 12.1 Å². The topological polar surface area (TPSA) is 73.3 Å². The van der Waals surface area contributed by atoms with Crippen molar-refractivity contribution in [2.75, 3.05) is 18.5 Å². The summed E-state index contributed by atoms with van der Waals surface area (Å²) in [6.07, 6.45) is 4.17. The highest BCUT2D eigenvalue weighted by molar-refractivity contribution is 7.15. The highest BCUT2D eigenvalue weighted by Gasteiger charge is 2.22. The molecule has 1 amide bonds. The van der Waals surface area contributed by atoms with Crippen LogP contribution in [0.2, 0.25) is 0 Å². The van der Waals surface area contributed by atoms with Gasteiger partial charge in [0.25, 0.3) is 0 Å². The number of nitrogens with zero attached hydrogens (tertiary/aromatic N) is 2. The summed E-state index contributed by atoms with van der Waals surface area (Å²) in [5, 5.41) is 12.3. The zero-order valence-corrected chi connectivity index (χ0v) is 17.7. The Bertz CT molecular complexity index is 767. The zero-order valence-electron chi connectivity index (χ0n) is 16.9. The molecule has 7 heteroatoms. The Labute approximate surface area is 170 Å². The van der Waals surface area contributed by atoms with Crippen LogP contribution in [0.1, 0.15) is 69.6 Å². The number of hydrogen-bond acceptors (Lipinski definition) is 6. The summed E-state index contributed by atoms with van der Waals surface area (Å²) in [6, 6.07) is 8.24. The molecule has 0 saturated carbocycles. The van der Waals surface area contributed by atoms with Crippen LogP contribution < -0.4 is 10.1 Å². The zero-order chi connectivity index (χ0) is 20.0. The average Bonchev–Trinajstić information content (AvgIpc) is 3.37. The third-order valence-corrected chi connectivity index (χ3v) is 6.16. The Morgan fingerprint density at radius 2 is 2.11 bits per heavy atom. The maximum Gasteiger partial charge on any atom is 0.226 e. The molecule has 0 bridgehead atoms. The highest BCUT2D eigenvalue weighted by Crippen LogP contribution is 2.32. The molecule has 0 radical (unpaired) electrons. The lowest BCUT2D eigenvalue weighted by atomic mass is 9.82. The molecule has 28 heavy (non-hydrogen) atoms. The number of ether oxygens (including phenoxy) is 2. The minimum absolute atomic E-state index is 0.0332. The quantitative estimate of drug-likeness (QED) is 0.604. The third kappa shape index (κ3) is 5.52. The molecule has 0 spiro atoms. The first-order chi connectivity index (χ1) is 13.5. The summed E-state index contributed by atoms with van der Waals surface area (Å²) in [5.74, 6) is 0.764. The Hall–Kier alpha value is -1.99. The Balaban J connectivity index is 1.37. The summed E-state index contributed by atoms with van der Waals surface area (Å²) in [7, 11) is 0. The maximum absolute atomic E-state index is 12.1. The van der Waals surface area contributed by atoms with Gasteiger partial charge >= 0.3 is 0 Å². The van der Waals surface area contributed by atoms with Gasteiger partial charge in [-0.25, -0.2) is 0 Å². The molecule has 6 nitrogen and oxygen atoms in total. The first-order valence-electron chi connectivity index (χ1n) is 9.96. The van der Waals surface area contributed by atoms with Gasteiger partial charge in [-0.05, 0) is 48.8 Å². The Kier molecular flexibility index (Phi) is 7.02. The van der Waals surface area contributed by atoms with Crippen molar-refractivity contribution in [1.82, 2.24) is 10.2 Å². The lowest BCUT2D eigenvalue weighted by molar-refractivity contribution is -0.116. The van der Waals surface area contributed by atoms with E-state index in [1.54, 1.807) is 0 Å². The molecule has 1 aliphatic heterocycles. The molecule has 1 aromatic carbocycles. The minimum Gasteiger partial charge on any atom is -0.494 e. The lowest BCUT2D eigenvalue weighted by Gasteiger charge is -2.23. The highest BCUT2D eigenvalue weighted by atomic mass is 32.1. The average molecular weight is 404 g/mol. The smallest absolute Gasteiger partial charge is 0.226 e. The number of anilines is 1. The second-order valence-electron chi connectivity index (χ2n) is 7.71.